The minimum atomic E-state index is -3.29. The highest BCUT2D eigenvalue weighted by Crippen LogP contribution is 2.56. The van der Waals surface area contributed by atoms with Gasteiger partial charge in [0.1, 0.15) is 29.8 Å². The number of rotatable bonds is 20. The van der Waals surface area contributed by atoms with Crippen LogP contribution in [0.2, 0.25) is 0 Å². The van der Waals surface area contributed by atoms with Crippen molar-refractivity contribution < 1.29 is 89.4 Å². The SMILES string of the molecule is COC(=O)NC(C(=O)N1CCC[C@H]1C1=Nc2ccc(-c3ccc4c(c3)C(F)(F)c3cc(-c5cnc(C6CCCC6)[nH]5)ccc3-4)cc2C1)C1CCOCC1.COC(=O)N[C@@H](C(=O)O)c1ccccc1.COC(=O)N[C@H](C(=O)N1CCC[C@H]1C1=Nc2ccc(-c3ccc4c(c3)C(F)(F)c3cc(-c5cnc([C@@H]6CCCN6C(=O)[C@H](NC(=O)OC)c6ccccc6)[nH]5)ccc3-4)cc2C1)C1CCOCC1. The number of alkyl carbamates (subject to hydrolysis) is 4. The molecule has 0 spiro atoms. The highest BCUT2D eigenvalue weighted by atomic mass is 19.3. The molecule has 0 bridgehead atoms. The van der Waals surface area contributed by atoms with Crippen LogP contribution in [0.5, 0.6) is 0 Å². The number of carbonyl (C=O) groups is 8. The monoisotopic (exact) mass is 1840 g/mol. The molecule has 6 fully saturated rings. The summed E-state index contributed by atoms with van der Waals surface area (Å²) in [7, 11) is 5.01. The molecule has 10 aliphatic rings. The lowest BCUT2D eigenvalue weighted by Gasteiger charge is -2.34. The van der Waals surface area contributed by atoms with E-state index in [0.29, 0.717) is 164 Å². The molecule has 7 atom stereocenters. The average molecular weight is 1840 g/mol. The van der Waals surface area contributed by atoms with Gasteiger partial charge in [0, 0.05) is 110 Å². The van der Waals surface area contributed by atoms with Crippen molar-refractivity contribution in [3.63, 3.8) is 0 Å². The molecular formula is C103H105F4N13O15. The van der Waals surface area contributed by atoms with E-state index in [1.807, 2.05) is 82.6 Å². The van der Waals surface area contributed by atoms with Gasteiger partial charge in [-0.05, 0) is 204 Å². The number of benzene rings is 8. The first kappa shape index (κ1) is 91.6. The maximum atomic E-state index is 16.7. The Bertz CT molecular complexity index is 6250. The number of aliphatic imine (C=N–C) groups is 2. The van der Waals surface area contributed by atoms with Crippen LogP contribution in [-0.4, -0.2) is 198 Å². The molecule has 20 rings (SSSR count). The molecule has 32 heteroatoms. The number of aromatic amines is 2. The fraction of sp³-hybridized carbons (Fsp3) is 0.379. The van der Waals surface area contributed by atoms with Crippen molar-refractivity contribution >= 4 is 70.9 Å². The van der Waals surface area contributed by atoms with E-state index in [9.17, 15) is 38.4 Å². The molecule has 2 aromatic heterocycles. The Hall–Kier alpha value is -13.9. The third-order valence-electron chi connectivity index (χ3n) is 27.9. The Morgan fingerprint density at radius 3 is 1.19 bits per heavy atom. The van der Waals surface area contributed by atoms with E-state index < -0.39 is 72.4 Å². The number of likely N-dealkylation sites (tertiary alicyclic amines) is 3. The summed E-state index contributed by atoms with van der Waals surface area (Å²) in [6.45, 7) is 3.75. The summed E-state index contributed by atoms with van der Waals surface area (Å²) >= 11 is 0. The number of carboxylic acid groups (broad SMARTS) is 1. The molecule has 1 saturated carbocycles. The second kappa shape index (κ2) is 39.4. The number of fused-ring (bicyclic) bond motifs is 8. The predicted octanol–water partition coefficient (Wildman–Crippen LogP) is 17.9. The van der Waals surface area contributed by atoms with Crippen molar-refractivity contribution in [2.24, 2.45) is 21.8 Å². The van der Waals surface area contributed by atoms with Gasteiger partial charge in [-0.2, -0.15) is 17.6 Å². The van der Waals surface area contributed by atoms with Crippen LogP contribution in [0.4, 0.5) is 48.1 Å². The second-order valence-corrected chi connectivity index (χ2v) is 35.8. The lowest BCUT2D eigenvalue weighted by molar-refractivity contribution is -0.139. The number of ether oxygens (including phenoxy) is 6. The number of hydrogen-bond donors (Lipinski definition) is 7. The normalized spacial score (nSPS) is 19.7. The van der Waals surface area contributed by atoms with Crippen LogP contribution >= 0.6 is 0 Å². The van der Waals surface area contributed by atoms with Crippen LogP contribution < -0.4 is 21.3 Å². The number of H-pyrrole nitrogens is 2. The highest BCUT2D eigenvalue weighted by molar-refractivity contribution is 6.03. The van der Waals surface area contributed by atoms with Crippen LogP contribution in [0.3, 0.4) is 0 Å². The van der Waals surface area contributed by atoms with Crippen LogP contribution in [0, 0.1) is 11.8 Å². The number of methoxy groups -OCH3 is 4. The minimum absolute atomic E-state index is 0.00981. The van der Waals surface area contributed by atoms with Crippen molar-refractivity contribution in [1.82, 2.24) is 55.9 Å². The van der Waals surface area contributed by atoms with E-state index in [-0.39, 0.29) is 63.9 Å². The van der Waals surface area contributed by atoms with Crippen molar-refractivity contribution in [2.75, 3.05) is 74.5 Å². The number of nitrogens with one attached hydrogen (secondary N) is 6. The zero-order valence-corrected chi connectivity index (χ0v) is 75.2. The van der Waals surface area contributed by atoms with E-state index in [1.54, 1.807) is 108 Å². The number of aromatic nitrogens is 4. The van der Waals surface area contributed by atoms with E-state index >= 15 is 17.6 Å². The summed E-state index contributed by atoms with van der Waals surface area (Å²) in [4.78, 5) is 132. The topological polar surface area (TPSA) is 352 Å². The predicted molar refractivity (Wildman–Crippen MR) is 495 cm³/mol. The Morgan fingerprint density at radius 1 is 0.407 bits per heavy atom. The number of nitrogens with zero attached hydrogens (tertiary/aromatic N) is 7. The summed E-state index contributed by atoms with van der Waals surface area (Å²) in [5.74, 6) is -6.36. The molecule has 0 radical (unpaired) electrons. The van der Waals surface area contributed by atoms with Gasteiger partial charge in [-0.1, -0.05) is 134 Å². The molecule has 700 valence electrons. The standard InChI is InChI=1S/C51H51F2N7O7.C42H43F2N5O4.C10H11NO4/c1-65-49(63)57-44(29-8-4-3-5-9-29)48(62)60-21-7-11-43(60)46-54-28-41(56-46)33-13-16-36-35-15-12-32(25-37(35)51(52,53)38(36)26-33)31-14-17-39-34(24-31)27-40(55-39)42-10-6-20-59(42)47(61)45(58-50(64)66-2)30-18-22-67-23-19-30;1-52-41(51)48-38(24-14-17-53-18-15-24)40(50)49-16-4-7-37(49)35-22-29-19-26(10-13-34(29)46-35)27-8-11-30-31-12-9-28(21-33(31)42(43,44)32(30)20-27)36-23-45-39(47-36)25-5-2-3-6-25;1-15-10(14)11-8(9(12)13)7-5-3-2-4-6-7/h3-5,8-9,12-17,24-26,28,30,42-45H,6-7,10-11,18-23,27H2,1-2H3,(H,54,56)(H,57,63)(H,58,64);8-13,19-21,23-25,37-38H,2-7,14-18,22H2,1H3,(H,45,47)(H,48,51);2-6,8H,1H3,(H,11,14)(H,12,13)/t42-,43-,44+,45-;37-,38?;8-/m001/s1. The number of imidazole rings is 2. The van der Waals surface area contributed by atoms with Gasteiger partial charge in [0.25, 0.3) is 17.8 Å². The summed E-state index contributed by atoms with van der Waals surface area (Å²) in [5, 5.41) is 19.4. The number of carbonyl (C=O) groups excluding carboxylic acids is 7. The van der Waals surface area contributed by atoms with Gasteiger partial charge in [0.2, 0.25) is 11.8 Å². The average Bonchev–Trinajstić information content (AvgIpc) is 1.57. The number of alkyl halides is 4. The van der Waals surface area contributed by atoms with Gasteiger partial charge in [-0.15, -0.1) is 0 Å². The first-order valence-corrected chi connectivity index (χ1v) is 46.1. The van der Waals surface area contributed by atoms with Gasteiger partial charge in [0.15, 0.2) is 6.04 Å². The first-order valence-electron chi connectivity index (χ1n) is 46.1. The largest absolute Gasteiger partial charge is 0.479 e. The van der Waals surface area contributed by atoms with E-state index in [4.69, 9.17) is 38.8 Å². The minimum Gasteiger partial charge on any atom is -0.479 e. The summed E-state index contributed by atoms with van der Waals surface area (Å²) in [6.07, 6.45) is 13.5. The number of carboxylic acids is 1. The van der Waals surface area contributed by atoms with Gasteiger partial charge in [0.05, 0.1) is 81.7 Å². The molecule has 28 nitrogen and oxygen atoms in total. The fourth-order valence-electron chi connectivity index (χ4n) is 20.9. The second-order valence-electron chi connectivity index (χ2n) is 35.8. The summed E-state index contributed by atoms with van der Waals surface area (Å²) in [5.41, 5.74) is 13.9. The molecule has 3 aliphatic carbocycles. The molecule has 5 saturated heterocycles. The molecule has 135 heavy (non-hydrogen) atoms. The van der Waals surface area contributed by atoms with Crippen LogP contribution in [0.15, 0.2) is 192 Å². The summed E-state index contributed by atoms with van der Waals surface area (Å²) < 4.78 is 95.8. The number of halogens is 4. The van der Waals surface area contributed by atoms with Crippen molar-refractivity contribution in [1.29, 1.82) is 0 Å². The molecule has 7 amide bonds. The molecular weight excluding hydrogens is 1740 g/mol. The molecule has 8 aromatic carbocycles. The van der Waals surface area contributed by atoms with Crippen LogP contribution in [-0.2, 0) is 72.3 Å². The van der Waals surface area contributed by atoms with Gasteiger partial charge < -0.3 is 79.5 Å². The summed E-state index contributed by atoms with van der Waals surface area (Å²) in [6, 6.07) is 45.7. The van der Waals surface area contributed by atoms with Gasteiger partial charge in [-0.25, -0.2) is 33.9 Å². The lowest BCUT2D eigenvalue weighted by atomic mass is 9.90. The number of hydrogen-bond acceptors (Lipinski definition) is 18. The third-order valence-corrected chi connectivity index (χ3v) is 27.9. The highest BCUT2D eigenvalue weighted by Gasteiger charge is 2.49. The van der Waals surface area contributed by atoms with E-state index in [2.05, 4.69) is 45.9 Å². The quantitative estimate of drug-likeness (QED) is 0.0275. The first-order chi connectivity index (χ1) is 65.4. The fourth-order valence-corrected chi connectivity index (χ4v) is 20.9. The van der Waals surface area contributed by atoms with E-state index in [1.165, 1.54) is 47.3 Å². The maximum absolute atomic E-state index is 16.7. The third kappa shape index (κ3) is 18.7. The zero-order chi connectivity index (χ0) is 93.9. The van der Waals surface area contributed by atoms with Crippen molar-refractivity contribution in [3.8, 4) is 67.0 Å². The lowest BCUT2D eigenvalue weighted by Crippen LogP contribution is -2.55. The maximum Gasteiger partial charge on any atom is 0.407 e. The molecule has 7 aliphatic heterocycles. The Labute approximate surface area is 776 Å². The Balaban J connectivity index is 0.000000159. The van der Waals surface area contributed by atoms with Crippen molar-refractivity contribution in [2.45, 2.75) is 163 Å². The molecule has 7 N–H and O–H groups in total. The molecule has 10 aromatic rings. The molecule has 9 heterocycles. The van der Waals surface area contributed by atoms with Gasteiger partial charge in [-0.3, -0.25) is 24.4 Å². The van der Waals surface area contributed by atoms with Crippen LogP contribution in [0.1, 0.15) is 170 Å². The van der Waals surface area contributed by atoms with Crippen LogP contribution in [0.25, 0.3) is 67.0 Å². The Kier molecular flexibility index (Phi) is 26.7. The Morgan fingerprint density at radius 2 is 0.763 bits per heavy atom. The van der Waals surface area contributed by atoms with Gasteiger partial charge >= 0.3 is 30.3 Å². The van der Waals surface area contributed by atoms with Crippen molar-refractivity contribution in [3.05, 3.63) is 238 Å². The molecule has 1 unspecified atom stereocenters. The number of aliphatic carboxylic acids is 1. The number of amides is 7. The zero-order valence-electron chi connectivity index (χ0n) is 75.2. The smallest absolute Gasteiger partial charge is 0.407 e. The van der Waals surface area contributed by atoms with E-state index in [0.717, 1.165) is 102 Å².